The minimum atomic E-state index is -1.22. The normalized spacial score (nSPS) is 13.4. The maximum Gasteiger partial charge on any atom is 0.167 e. The Morgan fingerprint density at radius 2 is 1.41 bits per heavy atom. The van der Waals surface area contributed by atoms with E-state index in [-0.39, 0.29) is 17.2 Å². The monoisotopic (exact) mass is 287 g/mol. The highest BCUT2D eigenvalue weighted by atomic mass is 31.1. The molecule has 0 saturated heterocycles. The Balaban J connectivity index is 3.71. The molecule has 0 saturated carbocycles. The van der Waals surface area contributed by atoms with E-state index >= 15 is 0 Å². The van der Waals surface area contributed by atoms with Gasteiger partial charge >= 0.3 is 0 Å². The third-order valence-corrected chi connectivity index (χ3v) is 3.88. The zero-order chi connectivity index (χ0) is 13.1. The van der Waals surface area contributed by atoms with Crippen LogP contribution >= 0.6 is 17.2 Å². The van der Waals surface area contributed by atoms with Crippen LogP contribution in [0.4, 0.5) is 0 Å². The van der Waals surface area contributed by atoms with Gasteiger partial charge in [0.1, 0.15) is 0 Å². The van der Waals surface area contributed by atoms with Gasteiger partial charge in [-0.25, -0.2) is 0 Å². The topological polar surface area (TPSA) is 93.4 Å². The van der Waals surface area contributed by atoms with E-state index in [0.29, 0.717) is 6.61 Å². The van der Waals surface area contributed by atoms with Gasteiger partial charge in [-0.2, -0.15) is 0 Å². The molecule has 0 aromatic rings. The van der Waals surface area contributed by atoms with E-state index in [9.17, 15) is 0 Å². The van der Waals surface area contributed by atoms with E-state index < -0.39 is 12.1 Å². The van der Waals surface area contributed by atoms with Crippen LogP contribution in [0.2, 0.25) is 0 Å². The third kappa shape index (κ3) is 12.9. The highest BCUT2D eigenvalue weighted by molar-refractivity contribution is 7.38. The summed E-state index contributed by atoms with van der Waals surface area (Å²) >= 11 is 0. The van der Waals surface area contributed by atoms with Crippen molar-refractivity contribution in [3.63, 3.8) is 0 Å². The Bertz CT molecular complexity index is 159. The summed E-state index contributed by atoms with van der Waals surface area (Å²) < 4.78 is 4.99. The number of nitrogens with zero attached hydrogens (tertiary/aromatic N) is 1. The molecule has 0 bridgehead atoms. The van der Waals surface area contributed by atoms with Crippen molar-refractivity contribution in [2.24, 2.45) is 0 Å². The van der Waals surface area contributed by atoms with Crippen LogP contribution in [0.25, 0.3) is 0 Å². The second-order valence-corrected chi connectivity index (χ2v) is 6.34. The molecule has 0 fully saturated rings. The van der Waals surface area contributed by atoms with E-state index in [1.54, 1.807) is 7.11 Å². The van der Waals surface area contributed by atoms with Gasteiger partial charge in [-0.15, -0.1) is 0 Å². The van der Waals surface area contributed by atoms with Gasteiger partial charge in [-0.1, -0.05) is 17.2 Å². The highest BCUT2D eigenvalue weighted by Crippen LogP contribution is 2.16. The number of aliphatic hydroxyl groups excluding tert-OH is 2. The molecule has 0 aliphatic rings. The van der Waals surface area contributed by atoms with Crippen molar-refractivity contribution in [2.45, 2.75) is 12.1 Å². The minimum Gasteiger partial charge on any atom is -0.383 e. The summed E-state index contributed by atoms with van der Waals surface area (Å²) in [6, 6.07) is -2.44. The van der Waals surface area contributed by atoms with E-state index in [1.807, 2.05) is 0 Å². The summed E-state index contributed by atoms with van der Waals surface area (Å²) in [6.07, 6.45) is 1.46. The molecule has 0 aliphatic heterocycles. The largest absolute Gasteiger partial charge is 0.383 e. The van der Waals surface area contributed by atoms with Crippen molar-refractivity contribution in [2.75, 3.05) is 45.7 Å². The molecule has 0 aromatic carbocycles. The van der Waals surface area contributed by atoms with Crippen molar-refractivity contribution >= 4 is 17.2 Å². The van der Waals surface area contributed by atoms with Crippen LogP contribution in [0.15, 0.2) is 0 Å². The van der Waals surface area contributed by atoms with Crippen LogP contribution in [0.3, 0.4) is 0 Å². The van der Waals surface area contributed by atoms with Crippen LogP contribution in [0.1, 0.15) is 0 Å². The molecule has 0 heterocycles. The summed E-state index contributed by atoms with van der Waals surface area (Å²) in [5, 5.41) is 35.0. The zero-order valence-corrected chi connectivity index (χ0v) is 12.0. The molecular weight excluding hydrogens is 264 g/mol. The number of hydrogen-bond donors (Lipinski definition) is 4. The fraction of sp³-hybridized carbons (Fsp3) is 1.00. The van der Waals surface area contributed by atoms with Gasteiger partial charge in [0.2, 0.25) is 0 Å². The van der Waals surface area contributed by atoms with Crippen molar-refractivity contribution < 1.29 is 25.2 Å². The van der Waals surface area contributed by atoms with Crippen LogP contribution in [0, 0.1) is 0 Å². The number of hydrogen-bond acceptors (Lipinski definition) is 6. The summed E-state index contributed by atoms with van der Waals surface area (Å²) in [5.41, 5.74) is 0. The van der Waals surface area contributed by atoms with Gasteiger partial charge < -0.3 is 30.1 Å². The lowest BCUT2D eigenvalue weighted by atomic mass is 10.5. The number of aliphatic hydroxyl groups is 4. The molecule has 104 valence electrons. The lowest BCUT2D eigenvalue weighted by Crippen LogP contribution is -2.32. The standard InChI is InChI=1S/C9H23NO5P2/c1-15-5-2-10(3-6-16-8(11)12)4-7-17-9(13)14/h8-9,11-14,16-17H,2-7H2,1H3. The quantitative estimate of drug-likeness (QED) is 0.283. The van der Waals surface area contributed by atoms with Crippen molar-refractivity contribution in [1.29, 1.82) is 0 Å². The predicted octanol–water partition coefficient (Wildman–Crippen LogP) is -1.17. The number of rotatable bonds is 11. The third-order valence-electron chi connectivity index (χ3n) is 2.12. The molecule has 0 rings (SSSR count). The molecule has 0 radical (unpaired) electrons. The predicted molar refractivity (Wildman–Crippen MR) is 71.1 cm³/mol. The molecule has 6 nitrogen and oxygen atoms in total. The number of methoxy groups -OCH3 is 1. The van der Waals surface area contributed by atoms with Crippen molar-refractivity contribution in [3.05, 3.63) is 0 Å². The summed E-state index contributed by atoms with van der Waals surface area (Å²) in [4.78, 5) is 2.13. The highest BCUT2D eigenvalue weighted by Gasteiger charge is 2.07. The van der Waals surface area contributed by atoms with Gasteiger partial charge in [0, 0.05) is 26.7 Å². The fourth-order valence-corrected chi connectivity index (χ4v) is 2.67. The first-order chi connectivity index (χ1) is 8.06. The van der Waals surface area contributed by atoms with Gasteiger partial charge in [0.05, 0.1) is 6.61 Å². The number of ether oxygens (including phenoxy) is 1. The average Bonchev–Trinajstić information content (AvgIpc) is 2.24. The van der Waals surface area contributed by atoms with Crippen molar-refractivity contribution in [1.82, 2.24) is 4.90 Å². The Morgan fingerprint density at radius 3 is 1.76 bits per heavy atom. The molecule has 17 heavy (non-hydrogen) atoms. The Labute approximate surface area is 106 Å². The second-order valence-electron chi connectivity index (χ2n) is 3.49. The first-order valence-corrected chi connectivity index (χ1v) is 8.03. The van der Waals surface area contributed by atoms with Crippen molar-refractivity contribution in [3.8, 4) is 0 Å². The van der Waals surface area contributed by atoms with Gasteiger partial charge in [-0.3, -0.25) is 0 Å². The Hall–Kier alpha value is 0.620. The first kappa shape index (κ1) is 17.6. The molecule has 0 aliphatic carbocycles. The Morgan fingerprint density at radius 1 is 0.941 bits per heavy atom. The zero-order valence-electron chi connectivity index (χ0n) is 10.0. The second kappa shape index (κ2) is 11.7. The Kier molecular flexibility index (Phi) is 12.1. The SMILES string of the molecule is COCCN(CCPC(O)O)CCPC(O)O. The molecule has 0 amide bonds. The van der Waals surface area contributed by atoms with Gasteiger partial charge in [-0.05, 0) is 12.3 Å². The molecule has 8 heteroatoms. The lowest BCUT2D eigenvalue weighted by Gasteiger charge is -2.22. The lowest BCUT2D eigenvalue weighted by molar-refractivity contribution is 0.0366. The van der Waals surface area contributed by atoms with Gasteiger partial charge in [0.25, 0.3) is 0 Å². The van der Waals surface area contributed by atoms with Crippen LogP contribution in [-0.4, -0.2) is 83.1 Å². The van der Waals surface area contributed by atoms with Gasteiger partial charge in [0.15, 0.2) is 12.1 Å². The molecule has 0 spiro atoms. The van der Waals surface area contributed by atoms with Crippen LogP contribution in [-0.2, 0) is 4.74 Å². The molecule has 0 aromatic heterocycles. The summed E-state index contributed by atoms with van der Waals surface area (Å²) in [5.74, 6) is 0. The summed E-state index contributed by atoms with van der Waals surface area (Å²) in [6.45, 7) is 2.93. The molecular formula is C9H23NO5P2. The molecule has 4 N–H and O–H groups in total. The fourth-order valence-electron chi connectivity index (χ4n) is 1.26. The summed E-state index contributed by atoms with van der Waals surface area (Å²) in [7, 11) is 1.87. The maximum absolute atomic E-state index is 8.75. The maximum atomic E-state index is 8.75. The molecule has 2 unspecified atom stereocenters. The van der Waals surface area contributed by atoms with Crippen LogP contribution in [0.5, 0.6) is 0 Å². The van der Waals surface area contributed by atoms with E-state index in [4.69, 9.17) is 25.2 Å². The smallest absolute Gasteiger partial charge is 0.167 e. The van der Waals surface area contributed by atoms with E-state index in [2.05, 4.69) is 4.90 Å². The average molecular weight is 287 g/mol. The first-order valence-electron chi connectivity index (χ1n) is 5.46. The van der Waals surface area contributed by atoms with E-state index in [0.717, 1.165) is 32.0 Å². The van der Waals surface area contributed by atoms with Crippen LogP contribution < -0.4 is 0 Å². The van der Waals surface area contributed by atoms with E-state index in [1.165, 1.54) is 0 Å². The molecule has 2 atom stereocenters. The minimum absolute atomic E-state index is 0.119.